The van der Waals surface area contributed by atoms with Crippen LogP contribution in [0, 0.1) is 0 Å². The van der Waals surface area contributed by atoms with Gasteiger partial charge in [-0.3, -0.25) is 4.79 Å². The van der Waals surface area contributed by atoms with Crippen molar-refractivity contribution in [1.29, 1.82) is 0 Å². The number of benzene rings is 1. The summed E-state index contributed by atoms with van der Waals surface area (Å²) in [4.78, 5) is 10.9. The predicted octanol–water partition coefficient (Wildman–Crippen LogP) is 2.05. The first-order valence-electron chi connectivity index (χ1n) is 4.75. The van der Waals surface area contributed by atoms with Gasteiger partial charge in [0.2, 0.25) is 5.91 Å². The number of carbonyl (C=O) groups excluding carboxylic acids is 1. The Morgan fingerprint density at radius 2 is 2.13 bits per heavy atom. The van der Waals surface area contributed by atoms with Crippen molar-refractivity contribution in [2.45, 2.75) is 13.8 Å². The minimum absolute atomic E-state index is 0.109. The van der Waals surface area contributed by atoms with Crippen LogP contribution in [0.5, 0.6) is 11.5 Å². The number of methoxy groups -OCH3 is 1. The molecule has 0 spiro atoms. The Kier molecular flexibility index (Phi) is 3.97. The molecule has 0 radical (unpaired) electrons. The predicted molar refractivity (Wildman–Crippen MR) is 58.5 cm³/mol. The molecular formula is C11H15NO3. The average molecular weight is 209 g/mol. The van der Waals surface area contributed by atoms with Gasteiger partial charge in [0.15, 0.2) is 11.5 Å². The third kappa shape index (κ3) is 3.16. The van der Waals surface area contributed by atoms with Gasteiger partial charge in [0.1, 0.15) is 0 Å². The summed E-state index contributed by atoms with van der Waals surface area (Å²) in [6, 6.07) is 5.27. The molecule has 1 rings (SSSR count). The highest BCUT2D eigenvalue weighted by molar-refractivity contribution is 5.89. The molecule has 0 aliphatic rings. The van der Waals surface area contributed by atoms with E-state index in [2.05, 4.69) is 5.32 Å². The second-order valence-corrected chi connectivity index (χ2v) is 2.98. The minimum Gasteiger partial charge on any atom is -0.493 e. The molecule has 4 heteroatoms. The van der Waals surface area contributed by atoms with Gasteiger partial charge in [0.05, 0.1) is 13.7 Å². The van der Waals surface area contributed by atoms with Crippen molar-refractivity contribution in [3.63, 3.8) is 0 Å². The number of hydrogen-bond acceptors (Lipinski definition) is 3. The van der Waals surface area contributed by atoms with Crippen LogP contribution in [0.4, 0.5) is 5.69 Å². The summed E-state index contributed by atoms with van der Waals surface area (Å²) >= 11 is 0. The van der Waals surface area contributed by atoms with Gasteiger partial charge >= 0.3 is 0 Å². The Balaban J connectivity index is 2.93. The fourth-order valence-electron chi connectivity index (χ4n) is 1.23. The summed E-state index contributed by atoms with van der Waals surface area (Å²) in [5.74, 6) is 1.18. The number of anilines is 1. The summed E-state index contributed by atoms with van der Waals surface area (Å²) < 4.78 is 10.5. The highest BCUT2D eigenvalue weighted by atomic mass is 16.5. The number of ether oxygens (including phenoxy) is 2. The molecule has 0 saturated heterocycles. The normalized spacial score (nSPS) is 9.53. The quantitative estimate of drug-likeness (QED) is 0.825. The topological polar surface area (TPSA) is 47.6 Å². The molecule has 4 nitrogen and oxygen atoms in total. The molecule has 0 aliphatic carbocycles. The lowest BCUT2D eigenvalue weighted by Crippen LogP contribution is -2.06. The van der Waals surface area contributed by atoms with E-state index < -0.39 is 0 Å². The number of carbonyl (C=O) groups is 1. The van der Waals surface area contributed by atoms with Crippen LogP contribution in [-0.2, 0) is 4.79 Å². The van der Waals surface area contributed by atoms with Crippen molar-refractivity contribution in [3.8, 4) is 11.5 Å². The lowest BCUT2D eigenvalue weighted by atomic mass is 10.2. The van der Waals surface area contributed by atoms with Gasteiger partial charge in [0.25, 0.3) is 0 Å². The Morgan fingerprint density at radius 1 is 1.40 bits per heavy atom. The molecule has 1 aromatic rings. The van der Waals surface area contributed by atoms with E-state index in [0.717, 1.165) is 0 Å². The summed E-state index contributed by atoms with van der Waals surface area (Å²) in [6.07, 6.45) is 0. The van der Waals surface area contributed by atoms with Crippen molar-refractivity contribution < 1.29 is 14.3 Å². The highest BCUT2D eigenvalue weighted by Crippen LogP contribution is 2.30. The smallest absolute Gasteiger partial charge is 0.221 e. The third-order valence-electron chi connectivity index (χ3n) is 1.78. The standard InChI is InChI=1S/C11H15NO3/c1-4-15-11-7-9(12-8(2)13)5-6-10(11)14-3/h5-7H,4H2,1-3H3,(H,12,13). The second kappa shape index (κ2) is 5.24. The molecule has 0 aliphatic heterocycles. The van der Waals surface area contributed by atoms with Crippen LogP contribution in [0.1, 0.15) is 13.8 Å². The number of nitrogens with one attached hydrogen (secondary N) is 1. The maximum Gasteiger partial charge on any atom is 0.221 e. The van der Waals surface area contributed by atoms with Crippen LogP contribution >= 0.6 is 0 Å². The fraction of sp³-hybridized carbons (Fsp3) is 0.364. The Bertz CT molecular complexity index is 350. The van der Waals surface area contributed by atoms with Crippen molar-refractivity contribution in [2.75, 3.05) is 19.0 Å². The van der Waals surface area contributed by atoms with Crippen molar-refractivity contribution >= 4 is 11.6 Å². The SMILES string of the molecule is CCOc1cc(NC(C)=O)ccc1OC. The molecule has 0 fully saturated rings. The van der Waals surface area contributed by atoms with Gasteiger partial charge in [-0.05, 0) is 19.1 Å². The van der Waals surface area contributed by atoms with Crippen molar-refractivity contribution in [3.05, 3.63) is 18.2 Å². The highest BCUT2D eigenvalue weighted by Gasteiger charge is 2.05. The average Bonchev–Trinajstić information content (AvgIpc) is 2.18. The molecule has 0 unspecified atom stereocenters. The molecule has 0 saturated carbocycles. The van der Waals surface area contributed by atoms with Crippen LogP contribution in [0.3, 0.4) is 0 Å². The molecule has 0 aromatic heterocycles. The van der Waals surface area contributed by atoms with Crippen LogP contribution in [0.25, 0.3) is 0 Å². The maximum absolute atomic E-state index is 10.9. The van der Waals surface area contributed by atoms with E-state index in [4.69, 9.17) is 9.47 Å². The van der Waals surface area contributed by atoms with Crippen LogP contribution in [-0.4, -0.2) is 19.6 Å². The molecule has 1 aromatic carbocycles. The van der Waals surface area contributed by atoms with Crippen LogP contribution in [0.2, 0.25) is 0 Å². The summed E-state index contributed by atoms with van der Waals surface area (Å²) in [5, 5.41) is 2.68. The molecule has 1 N–H and O–H groups in total. The minimum atomic E-state index is -0.109. The Hall–Kier alpha value is -1.71. The van der Waals surface area contributed by atoms with Gasteiger partial charge in [-0.25, -0.2) is 0 Å². The van der Waals surface area contributed by atoms with Gasteiger partial charge in [-0.1, -0.05) is 0 Å². The molecule has 0 heterocycles. The monoisotopic (exact) mass is 209 g/mol. The maximum atomic E-state index is 10.9. The van der Waals surface area contributed by atoms with Crippen LogP contribution < -0.4 is 14.8 Å². The van der Waals surface area contributed by atoms with E-state index in [1.165, 1.54) is 6.92 Å². The first-order chi connectivity index (χ1) is 7.17. The first-order valence-corrected chi connectivity index (χ1v) is 4.75. The first kappa shape index (κ1) is 11.4. The molecule has 15 heavy (non-hydrogen) atoms. The Morgan fingerprint density at radius 3 is 2.67 bits per heavy atom. The molecular weight excluding hydrogens is 194 g/mol. The molecule has 1 amide bonds. The molecule has 0 atom stereocenters. The number of amides is 1. The molecule has 82 valence electrons. The summed E-state index contributed by atoms with van der Waals surface area (Å²) in [7, 11) is 1.58. The summed E-state index contributed by atoms with van der Waals surface area (Å²) in [6.45, 7) is 3.91. The third-order valence-corrected chi connectivity index (χ3v) is 1.78. The van der Waals surface area contributed by atoms with Gasteiger partial charge in [-0.15, -0.1) is 0 Å². The second-order valence-electron chi connectivity index (χ2n) is 2.98. The van der Waals surface area contributed by atoms with E-state index >= 15 is 0 Å². The zero-order valence-corrected chi connectivity index (χ0v) is 9.16. The zero-order chi connectivity index (χ0) is 11.3. The zero-order valence-electron chi connectivity index (χ0n) is 9.16. The van der Waals surface area contributed by atoms with Crippen LogP contribution in [0.15, 0.2) is 18.2 Å². The van der Waals surface area contributed by atoms with Gasteiger partial charge in [-0.2, -0.15) is 0 Å². The fourth-order valence-corrected chi connectivity index (χ4v) is 1.23. The largest absolute Gasteiger partial charge is 0.493 e. The van der Waals surface area contributed by atoms with E-state index in [1.807, 2.05) is 6.92 Å². The van der Waals surface area contributed by atoms with E-state index in [0.29, 0.717) is 23.8 Å². The van der Waals surface area contributed by atoms with Gasteiger partial charge < -0.3 is 14.8 Å². The lowest BCUT2D eigenvalue weighted by Gasteiger charge is -2.11. The number of hydrogen-bond donors (Lipinski definition) is 1. The Labute approximate surface area is 89.2 Å². The van der Waals surface area contributed by atoms with Gasteiger partial charge in [0, 0.05) is 18.7 Å². The lowest BCUT2D eigenvalue weighted by molar-refractivity contribution is -0.114. The molecule has 0 bridgehead atoms. The van der Waals surface area contributed by atoms with E-state index in [9.17, 15) is 4.79 Å². The van der Waals surface area contributed by atoms with E-state index in [1.54, 1.807) is 25.3 Å². The van der Waals surface area contributed by atoms with Crippen molar-refractivity contribution in [2.24, 2.45) is 0 Å². The number of rotatable bonds is 4. The summed E-state index contributed by atoms with van der Waals surface area (Å²) in [5.41, 5.74) is 0.701. The van der Waals surface area contributed by atoms with Crippen molar-refractivity contribution in [1.82, 2.24) is 0 Å². The van der Waals surface area contributed by atoms with E-state index in [-0.39, 0.29) is 5.91 Å².